The van der Waals surface area contributed by atoms with Crippen LogP contribution < -0.4 is 5.73 Å². The van der Waals surface area contributed by atoms with Gasteiger partial charge >= 0.3 is 0 Å². The van der Waals surface area contributed by atoms with Crippen molar-refractivity contribution in [3.63, 3.8) is 0 Å². The molecule has 2 aromatic rings. The quantitative estimate of drug-likeness (QED) is 0.900. The minimum atomic E-state index is 0.266. The summed E-state index contributed by atoms with van der Waals surface area (Å²) >= 11 is 1.68. The summed E-state index contributed by atoms with van der Waals surface area (Å²) in [5.74, 6) is 1.77. The van der Waals surface area contributed by atoms with E-state index in [1.165, 1.54) is 10.4 Å². The predicted molar refractivity (Wildman–Crippen MR) is 81.8 cm³/mol. The SMILES string of the molecule is Cc1sc2nc(CN3CCC(CO)C3)nc(N)c2c1C. The van der Waals surface area contributed by atoms with Crippen molar-refractivity contribution in [2.75, 3.05) is 25.4 Å². The van der Waals surface area contributed by atoms with Gasteiger partial charge in [-0.2, -0.15) is 0 Å². The molecule has 1 fully saturated rings. The molecule has 108 valence electrons. The van der Waals surface area contributed by atoms with Crippen LogP contribution in [0.5, 0.6) is 0 Å². The molecule has 0 aromatic carbocycles. The number of hydrogen-bond donors (Lipinski definition) is 2. The maximum absolute atomic E-state index is 9.19. The first-order valence-corrected chi connectivity index (χ1v) is 7.75. The van der Waals surface area contributed by atoms with Crippen LogP contribution >= 0.6 is 11.3 Å². The minimum Gasteiger partial charge on any atom is -0.396 e. The Balaban J connectivity index is 1.86. The summed E-state index contributed by atoms with van der Waals surface area (Å²) in [4.78, 5) is 13.6. The van der Waals surface area contributed by atoms with Crippen molar-refractivity contribution in [2.24, 2.45) is 5.92 Å². The highest BCUT2D eigenvalue weighted by Crippen LogP contribution is 2.32. The lowest BCUT2D eigenvalue weighted by Crippen LogP contribution is -2.22. The molecular weight excluding hydrogens is 272 g/mol. The third-order valence-electron chi connectivity index (χ3n) is 4.10. The number of nitrogens with zero attached hydrogens (tertiary/aromatic N) is 3. The summed E-state index contributed by atoms with van der Waals surface area (Å²) in [5, 5.41) is 10.2. The van der Waals surface area contributed by atoms with Crippen molar-refractivity contribution in [3.05, 3.63) is 16.3 Å². The van der Waals surface area contributed by atoms with Crippen LogP contribution in [0.4, 0.5) is 5.82 Å². The largest absolute Gasteiger partial charge is 0.396 e. The first-order valence-electron chi connectivity index (χ1n) is 6.93. The third-order valence-corrected chi connectivity index (χ3v) is 5.20. The van der Waals surface area contributed by atoms with E-state index in [0.29, 0.717) is 18.3 Å². The molecule has 0 spiro atoms. The number of nitrogen functional groups attached to an aromatic ring is 1. The fourth-order valence-electron chi connectivity index (χ4n) is 2.80. The number of fused-ring (bicyclic) bond motifs is 1. The summed E-state index contributed by atoms with van der Waals surface area (Å²) in [5.41, 5.74) is 7.29. The molecular formula is C14H20N4OS. The molecule has 1 atom stereocenters. The molecule has 0 aliphatic carbocycles. The van der Waals surface area contributed by atoms with E-state index in [1.807, 2.05) is 0 Å². The summed E-state index contributed by atoms with van der Waals surface area (Å²) < 4.78 is 0. The Bertz CT molecular complexity index is 640. The van der Waals surface area contributed by atoms with Gasteiger partial charge in [0.25, 0.3) is 0 Å². The fraction of sp³-hybridized carbons (Fsp3) is 0.571. The number of aryl methyl sites for hydroxylation is 2. The number of hydrogen-bond acceptors (Lipinski definition) is 6. The Labute approximate surface area is 122 Å². The second kappa shape index (κ2) is 5.27. The van der Waals surface area contributed by atoms with Gasteiger partial charge in [0.1, 0.15) is 16.5 Å². The molecule has 3 rings (SSSR count). The second-order valence-electron chi connectivity index (χ2n) is 5.56. The number of nitrogens with two attached hydrogens (primary N) is 1. The lowest BCUT2D eigenvalue weighted by atomic mass is 10.1. The first kappa shape index (κ1) is 13.7. The molecule has 3 N–H and O–H groups in total. The smallest absolute Gasteiger partial charge is 0.146 e. The van der Waals surface area contributed by atoms with Crippen molar-refractivity contribution in [1.29, 1.82) is 0 Å². The predicted octanol–water partition coefficient (Wildman–Crippen LogP) is 1.70. The molecule has 0 bridgehead atoms. The molecule has 0 amide bonds. The molecule has 20 heavy (non-hydrogen) atoms. The summed E-state index contributed by atoms with van der Waals surface area (Å²) in [6, 6.07) is 0. The number of thiophene rings is 1. The number of likely N-dealkylation sites (tertiary alicyclic amines) is 1. The van der Waals surface area contributed by atoms with Crippen molar-refractivity contribution in [2.45, 2.75) is 26.8 Å². The highest BCUT2D eigenvalue weighted by atomic mass is 32.1. The Hall–Kier alpha value is -1.24. The Kier molecular flexibility index (Phi) is 3.62. The molecule has 2 aromatic heterocycles. The van der Waals surface area contributed by atoms with E-state index in [1.54, 1.807) is 11.3 Å². The number of rotatable bonds is 3. The van der Waals surface area contributed by atoms with Gasteiger partial charge in [-0.05, 0) is 38.3 Å². The van der Waals surface area contributed by atoms with E-state index >= 15 is 0 Å². The molecule has 0 radical (unpaired) electrons. The molecule has 1 aliphatic heterocycles. The van der Waals surface area contributed by atoms with E-state index < -0.39 is 0 Å². The Morgan fingerprint density at radius 1 is 1.40 bits per heavy atom. The minimum absolute atomic E-state index is 0.266. The highest BCUT2D eigenvalue weighted by molar-refractivity contribution is 7.18. The molecule has 0 saturated carbocycles. The molecule has 5 nitrogen and oxygen atoms in total. The van der Waals surface area contributed by atoms with Crippen LogP contribution in [0.3, 0.4) is 0 Å². The molecule has 1 unspecified atom stereocenters. The van der Waals surface area contributed by atoms with Crippen LogP contribution in [0.2, 0.25) is 0 Å². The van der Waals surface area contributed by atoms with Crippen LogP contribution in [-0.2, 0) is 6.54 Å². The third kappa shape index (κ3) is 2.39. The maximum Gasteiger partial charge on any atom is 0.146 e. The lowest BCUT2D eigenvalue weighted by Gasteiger charge is -2.14. The summed E-state index contributed by atoms with van der Waals surface area (Å²) in [7, 11) is 0. The standard InChI is InChI=1S/C14H20N4OS/c1-8-9(2)20-14-12(8)13(15)16-11(17-14)6-18-4-3-10(5-18)7-19/h10,19H,3-7H2,1-2H3,(H2,15,16,17). The maximum atomic E-state index is 9.19. The van der Waals surface area contributed by atoms with E-state index in [2.05, 4.69) is 28.7 Å². The average molecular weight is 292 g/mol. The monoisotopic (exact) mass is 292 g/mol. The van der Waals surface area contributed by atoms with Gasteiger partial charge in [0.15, 0.2) is 0 Å². The molecule has 1 aliphatic rings. The number of anilines is 1. The van der Waals surface area contributed by atoms with Crippen molar-refractivity contribution < 1.29 is 5.11 Å². The topological polar surface area (TPSA) is 75.3 Å². The van der Waals surface area contributed by atoms with E-state index in [9.17, 15) is 5.11 Å². The van der Waals surface area contributed by atoms with E-state index in [4.69, 9.17) is 5.73 Å². The number of aromatic nitrogens is 2. The van der Waals surface area contributed by atoms with Crippen LogP contribution in [0.25, 0.3) is 10.2 Å². The number of aliphatic hydroxyl groups is 1. The Morgan fingerprint density at radius 2 is 2.20 bits per heavy atom. The van der Waals surface area contributed by atoms with Gasteiger partial charge in [-0.1, -0.05) is 0 Å². The summed E-state index contributed by atoms with van der Waals surface area (Å²) in [6.07, 6.45) is 1.05. The lowest BCUT2D eigenvalue weighted by molar-refractivity contribution is 0.219. The average Bonchev–Trinajstić information content (AvgIpc) is 2.95. The van der Waals surface area contributed by atoms with E-state index in [-0.39, 0.29) is 6.61 Å². The van der Waals surface area contributed by atoms with Gasteiger partial charge in [0, 0.05) is 18.0 Å². The highest BCUT2D eigenvalue weighted by Gasteiger charge is 2.23. The van der Waals surface area contributed by atoms with Gasteiger partial charge in [0.05, 0.1) is 11.9 Å². The van der Waals surface area contributed by atoms with Crippen LogP contribution in [0, 0.1) is 19.8 Å². The van der Waals surface area contributed by atoms with Crippen molar-refractivity contribution in [1.82, 2.24) is 14.9 Å². The van der Waals surface area contributed by atoms with E-state index in [0.717, 1.165) is 35.6 Å². The zero-order valence-corrected chi connectivity index (χ0v) is 12.7. The van der Waals surface area contributed by atoms with Crippen molar-refractivity contribution in [3.8, 4) is 0 Å². The summed E-state index contributed by atoms with van der Waals surface area (Å²) in [6.45, 7) is 7.05. The zero-order chi connectivity index (χ0) is 14.3. The van der Waals surface area contributed by atoms with Gasteiger partial charge in [-0.15, -0.1) is 11.3 Å². The number of aliphatic hydroxyl groups excluding tert-OH is 1. The fourth-order valence-corrected chi connectivity index (χ4v) is 3.86. The second-order valence-corrected chi connectivity index (χ2v) is 6.76. The van der Waals surface area contributed by atoms with Gasteiger partial charge < -0.3 is 10.8 Å². The molecule has 3 heterocycles. The molecule has 6 heteroatoms. The normalized spacial score (nSPS) is 20.1. The van der Waals surface area contributed by atoms with Gasteiger partial charge in [-0.3, -0.25) is 4.90 Å². The van der Waals surface area contributed by atoms with Crippen LogP contribution in [0.15, 0.2) is 0 Å². The van der Waals surface area contributed by atoms with Crippen molar-refractivity contribution >= 4 is 27.4 Å². The molecule has 1 saturated heterocycles. The first-order chi connectivity index (χ1) is 9.58. The van der Waals surface area contributed by atoms with Crippen LogP contribution in [-0.4, -0.2) is 39.7 Å². The van der Waals surface area contributed by atoms with Gasteiger partial charge in [-0.25, -0.2) is 9.97 Å². The van der Waals surface area contributed by atoms with Gasteiger partial charge in [0.2, 0.25) is 0 Å². The van der Waals surface area contributed by atoms with Crippen LogP contribution in [0.1, 0.15) is 22.7 Å². The Morgan fingerprint density at radius 3 is 2.90 bits per heavy atom. The zero-order valence-electron chi connectivity index (χ0n) is 11.9.